The molecule has 246 valence electrons. The van der Waals surface area contributed by atoms with E-state index < -0.39 is 0 Å². The summed E-state index contributed by atoms with van der Waals surface area (Å²) in [5, 5.41) is 12.6. The van der Waals surface area contributed by atoms with Gasteiger partial charge in [0.1, 0.15) is 0 Å². The summed E-state index contributed by atoms with van der Waals surface area (Å²) in [6.07, 6.45) is 0. The zero-order valence-corrected chi connectivity index (χ0v) is 29.0. The van der Waals surface area contributed by atoms with Crippen LogP contribution in [0.25, 0.3) is 104 Å². The monoisotopic (exact) mass is 671 g/mol. The molecule has 0 amide bonds. The molecule has 11 rings (SSSR count). The standard InChI is InChI=1S/C52H33N/c1-3-13-34(14-4-1)36-25-29-46-48(32-36)52(38-26-28-42-37(31-38)24-23-35-15-7-8-18-41(35)42)45-21-10-9-20-44(45)51(46)39-27-30-50-47(33-39)43-19-11-12-22-49(43)53(50)40-16-5-2-6-17-40/h1-33H. The summed E-state index contributed by atoms with van der Waals surface area (Å²) in [6.45, 7) is 0. The molecule has 0 unspecified atom stereocenters. The van der Waals surface area contributed by atoms with Crippen LogP contribution in [0.3, 0.4) is 0 Å². The first kappa shape index (κ1) is 29.7. The quantitative estimate of drug-likeness (QED) is 0.130. The van der Waals surface area contributed by atoms with Gasteiger partial charge >= 0.3 is 0 Å². The molecule has 0 atom stereocenters. The highest BCUT2D eigenvalue weighted by Gasteiger charge is 2.20. The van der Waals surface area contributed by atoms with Crippen molar-refractivity contribution >= 4 is 64.9 Å². The number of benzene rings is 10. The van der Waals surface area contributed by atoms with Gasteiger partial charge in [-0.2, -0.15) is 0 Å². The molecule has 11 aromatic rings. The zero-order chi connectivity index (χ0) is 34.9. The van der Waals surface area contributed by atoms with Crippen molar-refractivity contribution in [3.05, 3.63) is 200 Å². The van der Waals surface area contributed by atoms with Crippen molar-refractivity contribution in [1.29, 1.82) is 0 Å². The second-order valence-corrected chi connectivity index (χ2v) is 14.1. The van der Waals surface area contributed by atoms with Crippen molar-refractivity contribution in [2.75, 3.05) is 0 Å². The van der Waals surface area contributed by atoms with E-state index in [1.165, 1.54) is 104 Å². The lowest BCUT2D eigenvalue weighted by atomic mass is 9.84. The molecule has 0 saturated heterocycles. The van der Waals surface area contributed by atoms with E-state index in [-0.39, 0.29) is 0 Å². The van der Waals surface area contributed by atoms with Crippen LogP contribution in [-0.4, -0.2) is 4.57 Å². The number of fused-ring (bicyclic) bond motifs is 8. The third-order valence-electron chi connectivity index (χ3n) is 11.1. The highest BCUT2D eigenvalue weighted by Crippen LogP contribution is 2.46. The molecule has 1 heterocycles. The van der Waals surface area contributed by atoms with Gasteiger partial charge in [-0.05, 0) is 119 Å². The molecule has 53 heavy (non-hydrogen) atoms. The molecule has 10 aromatic carbocycles. The Kier molecular flexibility index (Phi) is 6.62. The highest BCUT2D eigenvalue weighted by atomic mass is 15.0. The molecule has 0 spiro atoms. The van der Waals surface area contributed by atoms with E-state index in [1.807, 2.05) is 0 Å². The molecule has 0 fully saturated rings. The fourth-order valence-corrected chi connectivity index (χ4v) is 8.76. The summed E-state index contributed by atoms with van der Waals surface area (Å²) >= 11 is 0. The van der Waals surface area contributed by atoms with E-state index in [0.29, 0.717) is 0 Å². The molecular weight excluding hydrogens is 639 g/mol. The molecule has 1 nitrogen and oxygen atoms in total. The summed E-state index contributed by atoms with van der Waals surface area (Å²) < 4.78 is 2.39. The highest BCUT2D eigenvalue weighted by molar-refractivity contribution is 6.23. The van der Waals surface area contributed by atoms with Gasteiger partial charge in [-0.3, -0.25) is 0 Å². The maximum absolute atomic E-state index is 2.42. The van der Waals surface area contributed by atoms with Gasteiger partial charge in [0.05, 0.1) is 11.0 Å². The van der Waals surface area contributed by atoms with E-state index in [2.05, 4.69) is 205 Å². The lowest BCUT2D eigenvalue weighted by molar-refractivity contribution is 1.18. The summed E-state index contributed by atoms with van der Waals surface area (Å²) in [5.41, 5.74) is 11.0. The molecule has 1 heteroatoms. The average molecular weight is 672 g/mol. The third-order valence-corrected chi connectivity index (χ3v) is 11.1. The van der Waals surface area contributed by atoms with Crippen LogP contribution < -0.4 is 0 Å². The van der Waals surface area contributed by atoms with Gasteiger partial charge in [0.25, 0.3) is 0 Å². The summed E-state index contributed by atoms with van der Waals surface area (Å²) in [6, 6.07) is 73.6. The van der Waals surface area contributed by atoms with Gasteiger partial charge in [-0.15, -0.1) is 0 Å². The van der Waals surface area contributed by atoms with Gasteiger partial charge in [-0.25, -0.2) is 0 Å². The Hall–Kier alpha value is -6.96. The second kappa shape index (κ2) is 11.8. The van der Waals surface area contributed by atoms with E-state index >= 15 is 0 Å². The molecule has 0 aliphatic heterocycles. The fraction of sp³-hybridized carbons (Fsp3) is 0. The number of nitrogens with zero attached hydrogens (tertiary/aromatic N) is 1. The molecule has 0 radical (unpaired) electrons. The molecule has 0 N–H and O–H groups in total. The number of para-hydroxylation sites is 2. The summed E-state index contributed by atoms with van der Waals surface area (Å²) in [7, 11) is 0. The SMILES string of the molecule is c1ccc(-c2ccc3c(-c4ccc5c(c4)c4ccccc4n5-c4ccccc4)c4ccccc4c(-c4ccc5c(ccc6ccccc65)c4)c3c2)cc1. The molecule has 1 aromatic heterocycles. The van der Waals surface area contributed by atoms with E-state index in [9.17, 15) is 0 Å². The van der Waals surface area contributed by atoms with Crippen LogP contribution in [0.5, 0.6) is 0 Å². The van der Waals surface area contributed by atoms with Crippen LogP contribution in [0.15, 0.2) is 200 Å². The summed E-state index contributed by atoms with van der Waals surface area (Å²) in [5.74, 6) is 0. The number of aromatic nitrogens is 1. The first-order chi connectivity index (χ1) is 26.3. The predicted octanol–water partition coefficient (Wildman–Crippen LogP) is 14.4. The van der Waals surface area contributed by atoms with Gasteiger partial charge in [0.2, 0.25) is 0 Å². The van der Waals surface area contributed by atoms with Crippen LogP contribution in [0, 0.1) is 0 Å². The Morgan fingerprint density at radius 3 is 1.57 bits per heavy atom. The lowest BCUT2D eigenvalue weighted by Crippen LogP contribution is -1.94. The van der Waals surface area contributed by atoms with E-state index in [1.54, 1.807) is 0 Å². The van der Waals surface area contributed by atoms with Crippen LogP contribution >= 0.6 is 0 Å². The van der Waals surface area contributed by atoms with Crippen molar-refractivity contribution in [3.63, 3.8) is 0 Å². The number of hydrogen-bond donors (Lipinski definition) is 0. The fourth-order valence-electron chi connectivity index (χ4n) is 8.76. The van der Waals surface area contributed by atoms with Crippen molar-refractivity contribution in [2.45, 2.75) is 0 Å². The topological polar surface area (TPSA) is 4.93 Å². The number of rotatable bonds is 4. The average Bonchev–Trinajstić information content (AvgIpc) is 3.56. The Morgan fingerprint density at radius 1 is 0.245 bits per heavy atom. The Labute approximate surface area is 307 Å². The predicted molar refractivity (Wildman–Crippen MR) is 227 cm³/mol. The van der Waals surface area contributed by atoms with E-state index in [4.69, 9.17) is 0 Å². The zero-order valence-electron chi connectivity index (χ0n) is 29.0. The smallest absolute Gasteiger partial charge is 0.0541 e. The minimum absolute atomic E-state index is 1.17. The molecule has 0 bridgehead atoms. The molecule has 0 saturated carbocycles. The Morgan fingerprint density at radius 2 is 0.755 bits per heavy atom. The van der Waals surface area contributed by atoms with Crippen molar-refractivity contribution in [2.24, 2.45) is 0 Å². The van der Waals surface area contributed by atoms with Crippen LogP contribution in [0.2, 0.25) is 0 Å². The van der Waals surface area contributed by atoms with Crippen LogP contribution in [0.4, 0.5) is 0 Å². The maximum atomic E-state index is 2.42. The van der Waals surface area contributed by atoms with Crippen LogP contribution in [0.1, 0.15) is 0 Å². The van der Waals surface area contributed by atoms with Gasteiger partial charge in [0, 0.05) is 16.5 Å². The first-order valence-electron chi connectivity index (χ1n) is 18.3. The Bertz CT molecular complexity index is 3210. The van der Waals surface area contributed by atoms with Crippen molar-refractivity contribution in [3.8, 4) is 39.1 Å². The minimum atomic E-state index is 1.17. The molecule has 0 aliphatic carbocycles. The van der Waals surface area contributed by atoms with Crippen LogP contribution in [-0.2, 0) is 0 Å². The third kappa shape index (κ3) is 4.64. The van der Waals surface area contributed by atoms with Crippen molar-refractivity contribution < 1.29 is 0 Å². The normalized spacial score (nSPS) is 11.8. The van der Waals surface area contributed by atoms with Crippen molar-refractivity contribution in [1.82, 2.24) is 4.57 Å². The maximum Gasteiger partial charge on any atom is 0.0541 e. The van der Waals surface area contributed by atoms with E-state index in [0.717, 1.165) is 0 Å². The Balaban J connectivity index is 1.22. The molecule has 0 aliphatic rings. The van der Waals surface area contributed by atoms with Gasteiger partial charge in [0.15, 0.2) is 0 Å². The van der Waals surface area contributed by atoms with Gasteiger partial charge < -0.3 is 4.57 Å². The first-order valence-corrected chi connectivity index (χ1v) is 18.3. The minimum Gasteiger partial charge on any atom is -0.309 e. The molecular formula is C52H33N. The number of hydrogen-bond acceptors (Lipinski definition) is 0. The van der Waals surface area contributed by atoms with Gasteiger partial charge in [-0.1, -0.05) is 158 Å². The second-order valence-electron chi connectivity index (χ2n) is 14.1. The summed E-state index contributed by atoms with van der Waals surface area (Å²) in [4.78, 5) is 0. The largest absolute Gasteiger partial charge is 0.309 e. The lowest BCUT2D eigenvalue weighted by Gasteiger charge is -2.19.